The number of benzene rings is 4. The van der Waals surface area contributed by atoms with Gasteiger partial charge >= 0.3 is 0 Å². The Labute approximate surface area is 193 Å². The van der Waals surface area contributed by atoms with Crippen molar-refractivity contribution in [2.75, 3.05) is 0 Å². The molecule has 0 aliphatic heterocycles. The van der Waals surface area contributed by atoms with Gasteiger partial charge in [0.2, 0.25) is 0 Å². The van der Waals surface area contributed by atoms with E-state index in [0.717, 1.165) is 32.4 Å². The first-order valence-electron chi connectivity index (χ1n) is 10.2. The summed E-state index contributed by atoms with van der Waals surface area (Å²) in [5.41, 5.74) is 4.23. The summed E-state index contributed by atoms with van der Waals surface area (Å²) in [7, 11) is 0. The zero-order chi connectivity index (χ0) is 21.9. The smallest absolute Gasteiger partial charge is 0.149 e. The molecule has 0 radical (unpaired) electrons. The summed E-state index contributed by atoms with van der Waals surface area (Å²) < 4.78 is 6.92. The maximum atomic E-state index is 9.67. The maximum absolute atomic E-state index is 9.67. The van der Waals surface area contributed by atoms with Crippen LogP contribution >= 0.6 is 15.9 Å². The fraction of sp³-hybridized carbons (Fsp3) is 0.0370. The lowest BCUT2D eigenvalue weighted by Gasteiger charge is -2.11. The first kappa shape index (κ1) is 20.0. The van der Waals surface area contributed by atoms with Crippen molar-refractivity contribution in [2.45, 2.75) is 6.61 Å². The third-order valence-electron chi connectivity index (χ3n) is 5.29. The number of aromatic nitrogens is 2. The maximum Gasteiger partial charge on any atom is 0.149 e. The number of para-hydroxylation sites is 2. The summed E-state index contributed by atoms with van der Waals surface area (Å²) in [4.78, 5) is 7.73. The average molecular weight is 480 g/mol. The minimum Gasteiger partial charge on any atom is -0.488 e. The van der Waals surface area contributed by atoms with Gasteiger partial charge in [0.15, 0.2) is 0 Å². The first-order valence-corrected chi connectivity index (χ1v) is 11.0. The number of allylic oxidation sites excluding steroid dienone is 1. The van der Waals surface area contributed by atoms with Gasteiger partial charge < -0.3 is 9.72 Å². The van der Waals surface area contributed by atoms with Crippen LogP contribution in [0.4, 0.5) is 0 Å². The predicted octanol–water partition coefficient (Wildman–Crippen LogP) is 7.12. The van der Waals surface area contributed by atoms with Crippen molar-refractivity contribution in [2.24, 2.45) is 0 Å². The van der Waals surface area contributed by atoms with E-state index in [-0.39, 0.29) is 0 Å². The summed E-state index contributed by atoms with van der Waals surface area (Å²) in [6, 6.07) is 30.3. The van der Waals surface area contributed by atoms with Crippen LogP contribution in [-0.2, 0) is 6.61 Å². The number of aromatic amines is 1. The second-order valence-electron chi connectivity index (χ2n) is 7.39. The molecule has 0 saturated heterocycles. The standard InChI is InChI=1S/C27H18BrN3O/c28-23-15-18(14-21(16-29)27-30-24-10-3-4-11-25(24)31-27)12-13-26(23)32-17-20-8-5-7-19-6-1-2-9-22(19)20/h1-15H,17H2,(H,30,31). The summed E-state index contributed by atoms with van der Waals surface area (Å²) in [5.74, 6) is 1.30. The number of fused-ring (bicyclic) bond motifs is 2. The van der Waals surface area contributed by atoms with Crippen molar-refractivity contribution >= 4 is 49.4 Å². The number of hydrogen-bond donors (Lipinski definition) is 1. The van der Waals surface area contributed by atoms with E-state index in [2.05, 4.69) is 56.2 Å². The topological polar surface area (TPSA) is 61.7 Å². The molecule has 0 saturated carbocycles. The van der Waals surface area contributed by atoms with Gasteiger partial charge in [0.25, 0.3) is 0 Å². The second-order valence-corrected chi connectivity index (χ2v) is 8.24. The summed E-state index contributed by atoms with van der Waals surface area (Å²) >= 11 is 3.61. The molecular formula is C27H18BrN3O. The molecule has 1 heterocycles. The summed E-state index contributed by atoms with van der Waals surface area (Å²) in [5, 5.41) is 12.1. The lowest BCUT2D eigenvalue weighted by molar-refractivity contribution is 0.305. The second kappa shape index (κ2) is 8.70. The Kier molecular flexibility index (Phi) is 5.45. The average Bonchev–Trinajstić information content (AvgIpc) is 3.26. The highest BCUT2D eigenvalue weighted by molar-refractivity contribution is 9.10. The van der Waals surface area contributed by atoms with Crippen LogP contribution in [0.15, 0.2) is 89.4 Å². The highest BCUT2D eigenvalue weighted by Gasteiger charge is 2.09. The van der Waals surface area contributed by atoms with Crippen molar-refractivity contribution in [3.05, 3.63) is 106 Å². The van der Waals surface area contributed by atoms with Gasteiger partial charge in [-0.25, -0.2) is 4.98 Å². The third kappa shape index (κ3) is 4.01. The normalized spacial score (nSPS) is 11.6. The molecule has 0 spiro atoms. The summed E-state index contributed by atoms with van der Waals surface area (Å²) in [6.45, 7) is 0.470. The quantitative estimate of drug-likeness (QED) is 0.273. The minimum absolute atomic E-state index is 0.470. The molecule has 4 nitrogen and oxygen atoms in total. The highest BCUT2D eigenvalue weighted by atomic mass is 79.9. The Morgan fingerprint density at radius 2 is 1.81 bits per heavy atom. The molecule has 0 bridgehead atoms. The Bertz CT molecular complexity index is 1470. The molecule has 5 rings (SSSR count). The van der Waals surface area contributed by atoms with Crippen LogP contribution in [0.3, 0.4) is 0 Å². The largest absolute Gasteiger partial charge is 0.488 e. The number of H-pyrrole nitrogens is 1. The van der Waals surface area contributed by atoms with Crippen LogP contribution in [0.1, 0.15) is 17.0 Å². The molecule has 1 aromatic heterocycles. The minimum atomic E-state index is 0.470. The van der Waals surface area contributed by atoms with Gasteiger partial charge in [-0.1, -0.05) is 60.7 Å². The number of imidazole rings is 1. The number of rotatable bonds is 5. The van der Waals surface area contributed by atoms with Crippen LogP contribution in [0, 0.1) is 11.3 Å². The fourth-order valence-electron chi connectivity index (χ4n) is 3.70. The van der Waals surface area contributed by atoms with Gasteiger partial charge in [-0.3, -0.25) is 0 Å². The van der Waals surface area contributed by atoms with E-state index in [9.17, 15) is 5.26 Å². The number of halogens is 1. The molecule has 0 fully saturated rings. The van der Waals surface area contributed by atoms with E-state index in [4.69, 9.17) is 4.74 Å². The molecule has 1 N–H and O–H groups in total. The van der Waals surface area contributed by atoms with Gasteiger partial charge in [0.1, 0.15) is 24.3 Å². The van der Waals surface area contributed by atoms with E-state index in [1.165, 1.54) is 10.8 Å². The monoisotopic (exact) mass is 479 g/mol. The fourth-order valence-corrected chi connectivity index (χ4v) is 4.21. The SMILES string of the molecule is N#CC(=Cc1ccc(OCc2cccc3ccccc23)c(Br)c1)c1nc2ccccc2[nH]1. The number of nitriles is 1. The lowest BCUT2D eigenvalue weighted by atomic mass is 10.1. The van der Waals surface area contributed by atoms with Gasteiger partial charge in [-0.2, -0.15) is 5.26 Å². The van der Waals surface area contributed by atoms with Gasteiger partial charge in [-0.05, 0) is 68.2 Å². The Morgan fingerprint density at radius 3 is 2.66 bits per heavy atom. The molecule has 0 unspecified atom stereocenters. The van der Waals surface area contributed by atoms with Gasteiger partial charge in [0, 0.05) is 0 Å². The third-order valence-corrected chi connectivity index (χ3v) is 5.91. The Morgan fingerprint density at radius 1 is 1.00 bits per heavy atom. The molecule has 0 aliphatic rings. The van der Waals surface area contributed by atoms with Gasteiger partial charge in [0.05, 0.1) is 21.1 Å². The van der Waals surface area contributed by atoms with Crippen molar-refractivity contribution in [1.82, 2.24) is 9.97 Å². The van der Waals surface area contributed by atoms with E-state index in [1.807, 2.05) is 66.7 Å². The predicted molar refractivity (Wildman–Crippen MR) is 132 cm³/mol. The Hall–Kier alpha value is -3.88. The van der Waals surface area contributed by atoms with Crippen LogP contribution in [-0.4, -0.2) is 9.97 Å². The number of nitrogens with zero attached hydrogens (tertiary/aromatic N) is 2. The van der Waals surface area contributed by atoms with Crippen molar-refractivity contribution in [3.8, 4) is 11.8 Å². The molecule has 0 aliphatic carbocycles. The molecule has 4 aromatic carbocycles. The van der Waals surface area contributed by atoms with Gasteiger partial charge in [-0.15, -0.1) is 0 Å². The van der Waals surface area contributed by atoms with Crippen molar-refractivity contribution < 1.29 is 4.74 Å². The van der Waals surface area contributed by atoms with E-state index < -0.39 is 0 Å². The van der Waals surface area contributed by atoms with Crippen LogP contribution in [0.25, 0.3) is 33.5 Å². The van der Waals surface area contributed by atoms with Crippen LogP contribution in [0.2, 0.25) is 0 Å². The zero-order valence-electron chi connectivity index (χ0n) is 17.0. The summed E-state index contributed by atoms with van der Waals surface area (Å²) in [6.07, 6.45) is 1.82. The first-order chi connectivity index (χ1) is 15.7. The molecule has 5 aromatic rings. The van der Waals surface area contributed by atoms with E-state index in [1.54, 1.807) is 0 Å². The zero-order valence-corrected chi connectivity index (χ0v) is 18.6. The van der Waals surface area contributed by atoms with Crippen molar-refractivity contribution in [1.29, 1.82) is 5.26 Å². The van der Waals surface area contributed by atoms with Crippen molar-refractivity contribution in [3.63, 3.8) is 0 Å². The molecule has 154 valence electrons. The van der Waals surface area contributed by atoms with Crippen LogP contribution in [0.5, 0.6) is 5.75 Å². The van der Waals surface area contributed by atoms with E-state index in [0.29, 0.717) is 18.0 Å². The molecule has 5 heteroatoms. The highest BCUT2D eigenvalue weighted by Crippen LogP contribution is 2.29. The molecule has 0 amide bonds. The number of nitrogens with one attached hydrogen (secondary N) is 1. The Balaban J connectivity index is 1.38. The number of hydrogen-bond acceptors (Lipinski definition) is 3. The molecule has 0 atom stereocenters. The molecular weight excluding hydrogens is 462 g/mol. The molecule has 32 heavy (non-hydrogen) atoms. The lowest BCUT2D eigenvalue weighted by Crippen LogP contribution is -1.97. The van der Waals surface area contributed by atoms with Crippen LogP contribution < -0.4 is 4.74 Å². The van der Waals surface area contributed by atoms with E-state index >= 15 is 0 Å². The number of ether oxygens (including phenoxy) is 1.